The Hall–Kier alpha value is -1.06. The molecule has 0 saturated carbocycles. The Morgan fingerprint density at radius 2 is 2.14 bits per heavy atom. The van der Waals surface area contributed by atoms with E-state index in [4.69, 9.17) is 5.11 Å². The van der Waals surface area contributed by atoms with Crippen molar-refractivity contribution in [2.24, 2.45) is 0 Å². The van der Waals surface area contributed by atoms with Crippen molar-refractivity contribution in [3.05, 3.63) is 28.6 Å². The molecule has 0 aliphatic rings. The molecule has 0 amide bonds. The molecule has 1 aromatic carbocycles. The average Bonchev–Trinajstić information content (AvgIpc) is 2.60. The van der Waals surface area contributed by atoms with E-state index in [1.54, 1.807) is 17.4 Å². The maximum absolute atomic E-state index is 9.54. The topological polar surface area (TPSA) is 40.5 Å². The summed E-state index contributed by atoms with van der Waals surface area (Å²) in [7, 11) is 0. The summed E-state index contributed by atoms with van der Waals surface area (Å²) in [6, 6.07) is 5.64. The van der Waals surface area contributed by atoms with E-state index in [1.165, 1.54) is 4.88 Å². The Morgan fingerprint density at radius 3 is 2.79 bits per heavy atom. The van der Waals surface area contributed by atoms with Crippen molar-refractivity contribution in [2.45, 2.75) is 20.0 Å². The summed E-state index contributed by atoms with van der Waals surface area (Å²) in [5, 5.41) is 19.8. The van der Waals surface area contributed by atoms with E-state index in [9.17, 15) is 5.11 Å². The molecule has 14 heavy (non-hydrogen) atoms. The van der Waals surface area contributed by atoms with Gasteiger partial charge in [0.2, 0.25) is 0 Å². The fraction of sp³-hybridized carbons (Fsp3) is 0.273. The predicted molar refractivity (Wildman–Crippen MR) is 58.8 cm³/mol. The van der Waals surface area contributed by atoms with Crippen LogP contribution in [0.2, 0.25) is 0 Å². The highest BCUT2D eigenvalue weighted by Gasteiger charge is 2.08. The van der Waals surface area contributed by atoms with Crippen molar-refractivity contribution in [1.29, 1.82) is 0 Å². The van der Waals surface area contributed by atoms with Gasteiger partial charge in [-0.05, 0) is 30.0 Å². The van der Waals surface area contributed by atoms with Gasteiger partial charge in [-0.25, -0.2) is 0 Å². The molecule has 2 aromatic rings. The quantitative estimate of drug-likeness (QED) is 0.796. The lowest BCUT2D eigenvalue weighted by Gasteiger charge is -2.01. The van der Waals surface area contributed by atoms with Gasteiger partial charge >= 0.3 is 0 Å². The first-order chi connectivity index (χ1) is 6.76. The third-order valence-corrected chi connectivity index (χ3v) is 3.68. The van der Waals surface area contributed by atoms with Gasteiger partial charge in [0.1, 0.15) is 5.75 Å². The number of aliphatic hydroxyl groups is 1. The number of aromatic hydroxyl groups is 1. The normalized spacial score (nSPS) is 11.0. The Kier molecular flexibility index (Phi) is 2.44. The Bertz CT molecular complexity index is 460. The molecule has 0 spiro atoms. The van der Waals surface area contributed by atoms with Gasteiger partial charge < -0.3 is 10.2 Å². The Labute approximate surface area is 86.4 Å². The second-order valence-corrected chi connectivity index (χ2v) is 4.34. The van der Waals surface area contributed by atoms with Gasteiger partial charge in [-0.3, -0.25) is 0 Å². The van der Waals surface area contributed by atoms with Crippen molar-refractivity contribution in [3.8, 4) is 5.75 Å². The molecule has 0 saturated heterocycles. The van der Waals surface area contributed by atoms with E-state index in [0.29, 0.717) is 5.56 Å². The monoisotopic (exact) mass is 208 g/mol. The summed E-state index contributed by atoms with van der Waals surface area (Å²) in [4.78, 5) is 1.28. The number of rotatable bonds is 2. The lowest BCUT2D eigenvalue weighted by molar-refractivity contribution is 0.277. The van der Waals surface area contributed by atoms with Crippen molar-refractivity contribution in [3.63, 3.8) is 0 Å². The molecule has 74 valence electrons. The van der Waals surface area contributed by atoms with Crippen molar-refractivity contribution in [1.82, 2.24) is 0 Å². The van der Waals surface area contributed by atoms with Crippen LogP contribution in [0, 0.1) is 0 Å². The number of fused-ring (bicyclic) bond motifs is 1. The molecule has 0 aliphatic heterocycles. The largest absolute Gasteiger partial charge is 0.508 e. The first-order valence-electron chi connectivity index (χ1n) is 4.60. The van der Waals surface area contributed by atoms with Crippen LogP contribution >= 0.6 is 11.3 Å². The number of hydrogen-bond donors (Lipinski definition) is 2. The summed E-state index contributed by atoms with van der Waals surface area (Å²) < 4.78 is 1.00. The van der Waals surface area contributed by atoms with Crippen LogP contribution in [0.1, 0.15) is 17.4 Å². The molecule has 2 rings (SSSR count). The van der Waals surface area contributed by atoms with E-state index in [2.05, 4.69) is 13.0 Å². The highest BCUT2D eigenvalue weighted by molar-refractivity contribution is 7.19. The molecule has 0 unspecified atom stereocenters. The molecule has 0 radical (unpaired) electrons. The minimum atomic E-state index is -0.104. The highest BCUT2D eigenvalue weighted by atomic mass is 32.1. The van der Waals surface area contributed by atoms with Crippen LogP contribution < -0.4 is 0 Å². The van der Waals surface area contributed by atoms with Crippen LogP contribution in [-0.2, 0) is 13.0 Å². The van der Waals surface area contributed by atoms with Crippen LogP contribution in [0.15, 0.2) is 18.2 Å². The maximum Gasteiger partial charge on any atom is 0.122 e. The average molecular weight is 208 g/mol. The fourth-order valence-corrected chi connectivity index (χ4v) is 2.66. The molecule has 3 heteroatoms. The van der Waals surface area contributed by atoms with E-state index in [0.717, 1.165) is 16.5 Å². The minimum absolute atomic E-state index is 0.104. The van der Waals surface area contributed by atoms with Gasteiger partial charge in [0.25, 0.3) is 0 Å². The van der Waals surface area contributed by atoms with E-state index in [-0.39, 0.29) is 12.4 Å². The molecule has 1 aromatic heterocycles. The smallest absolute Gasteiger partial charge is 0.122 e. The molecular formula is C11H12O2S. The van der Waals surface area contributed by atoms with Crippen LogP contribution in [0.25, 0.3) is 10.1 Å². The summed E-state index contributed by atoms with van der Waals surface area (Å²) in [5.74, 6) is 0.185. The molecule has 2 nitrogen and oxygen atoms in total. The fourth-order valence-electron chi connectivity index (χ4n) is 1.53. The third kappa shape index (κ3) is 1.38. The molecule has 0 bridgehead atoms. The predicted octanol–water partition coefficient (Wildman–Crippen LogP) is 2.66. The van der Waals surface area contributed by atoms with Gasteiger partial charge in [0.05, 0.1) is 6.61 Å². The zero-order valence-electron chi connectivity index (χ0n) is 7.95. The van der Waals surface area contributed by atoms with Crippen LogP contribution in [-0.4, -0.2) is 10.2 Å². The van der Waals surface area contributed by atoms with Crippen molar-refractivity contribution < 1.29 is 10.2 Å². The number of thiophene rings is 1. The zero-order chi connectivity index (χ0) is 10.1. The standard InChI is InChI=1S/C11H12O2S/c1-2-8-5-7-3-4-10(13)9(6-12)11(7)14-8/h3-5,12-13H,2,6H2,1H3. The van der Waals surface area contributed by atoms with E-state index >= 15 is 0 Å². The van der Waals surface area contributed by atoms with Crippen molar-refractivity contribution in [2.75, 3.05) is 0 Å². The van der Waals surface area contributed by atoms with Gasteiger partial charge in [0.15, 0.2) is 0 Å². The van der Waals surface area contributed by atoms with E-state index in [1.807, 2.05) is 6.07 Å². The number of phenols is 1. The molecule has 0 fully saturated rings. The molecule has 0 atom stereocenters. The maximum atomic E-state index is 9.54. The molecular weight excluding hydrogens is 196 g/mol. The van der Waals surface area contributed by atoms with Crippen LogP contribution in [0.4, 0.5) is 0 Å². The Morgan fingerprint density at radius 1 is 1.36 bits per heavy atom. The third-order valence-electron chi connectivity index (χ3n) is 2.32. The number of hydrogen-bond acceptors (Lipinski definition) is 3. The lowest BCUT2D eigenvalue weighted by Crippen LogP contribution is -1.83. The first-order valence-corrected chi connectivity index (χ1v) is 5.42. The van der Waals surface area contributed by atoms with Gasteiger partial charge in [-0.15, -0.1) is 11.3 Å². The summed E-state index contributed by atoms with van der Waals surface area (Å²) >= 11 is 1.64. The number of aliphatic hydroxyl groups excluding tert-OH is 1. The summed E-state index contributed by atoms with van der Waals surface area (Å²) in [5.41, 5.74) is 0.646. The van der Waals surface area contributed by atoms with Gasteiger partial charge in [0, 0.05) is 15.1 Å². The second-order valence-electron chi connectivity index (χ2n) is 3.21. The zero-order valence-corrected chi connectivity index (χ0v) is 8.77. The molecule has 1 heterocycles. The van der Waals surface area contributed by atoms with Crippen molar-refractivity contribution >= 4 is 21.4 Å². The summed E-state index contributed by atoms with van der Waals surface area (Å²) in [6.07, 6.45) is 0.991. The first kappa shape index (κ1) is 9.49. The highest BCUT2D eigenvalue weighted by Crippen LogP contribution is 2.33. The SMILES string of the molecule is CCc1cc2ccc(O)c(CO)c2s1. The van der Waals surface area contributed by atoms with Crippen LogP contribution in [0.3, 0.4) is 0 Å². The number of benzene rings is 1. The number of aryl methyl sites for hydroxylation is 1. The molecule has 2 N–H and O–H groups in total. The minimum Gasteiger partial charge on any atom is -0.508 e. The second kappa shape index (κ2) is 3.59. The van der Waals surface area contributed by atoms with Crippen LogP contribution in [0.5, 0.6) is 5.75 Å². The van der Waals surface area contributed by atoms with Gasteiger partial charge in [-0.1, -0.05) is 6.92 Å². The Balaban J connectivity index is 2.73. The summed E-state index contributed by atoms with van der Waals surface area (Å²) in [6.45, 7) is 2.00. The molecule has 0 aliphatic carbocycles. The van der Waals surface area contributed by atoms with E-state index < -0.39 is 0 Å². The van der Waals surface area contributed by atoms with Gasteiger partial charge in [-0.2, -0.15) is 0 Å². The lowest BCUT2D eigenvalue weighted by atomic mass is 10.1.